The van der Waals surface area contributed by atoms with E-state index in [9.17, 15) is 9.59 Å². The highest BCUT2D eigenvalue weighted by Gasteiger charge is 2.14. The Labute approximate surface area is 213 Å². The van der Waals surface area contributed by atoms with Gasteiger partial charge in [0.25, 0.3) is 5.91 Å². The lowest BCUT2D eigenvalue weighted by atomic mass is 10.0. The zero-order valence-corrected chi connectivity index (χ0v) is 21.5. The largest absolute Gasteiger partial charge is 0.493 e. The SMILES string of the molecule is CCCCOC(=O)c1ccc(NC(=O)c2ccc(OCC)c(COc3ccccc3C(C)C)c2)cc1. The van der Waals surface area contributed by atoms with Crippen molar-refractivity contribution < 1.29 is 23.8 Å². The number of amides is 1. The van der Waals surface area contributed by atoms with E-state index in [-0.39, 0.29) is 18.5 Å². The van der Waals surface area contributed by atoms with Gasteiger partial charge in [-0.05, 0) is 73.4 Å². The van der Waals surface area contributed by atoms with Crippen molar-refractivity contribution in [2.24, 2.45) is 0 Å². The molecule has 0 fully saturated rings. The molecule has 1 N–H and O–H groups in total. The van der Waals surface area contributed by atoms with Crippen LogP contribution in [0.2, 0.25) is 0 Å². The molecule has 0 bridgehead atoms. The van der Waals surface area contributed by atoms with Crippen LogP contribution in [0.5, 0.6) is 11.5 Å². The third-order valence-corrected chi connectivity index (χ3v) is 5.66. The van der Waals surface area contributed by atoms with Gasteiger partial charge in [0, 0.05) is 16.8 Å². The van der Waals surface area contributed by atoms with E-state index >= 15 is 0 Å². The minimum atomic E-state index is -0.364. The van der Waals surface area contributed by atoms with Gasteiger partial charge in [-0.1, -0.05) is 45.4 Å². The highest BCUT2D eigenvalue weighted by atomic mass is 16.5. The van der Waals surface area contributed by atoms with Crippen LogP contribution in [0.25, 0.3) is 0 Å². The van der Waals surface area contributed by atoms with E-state index in [2.05, 4.69) is 25.2 Å². The molecule has 0 atom stereocenters. The van der Waals surface area contributed by atoms with Crippen LogP contribution in [0.1, 0.15) is 78.3 Å². The Morgan fingerprint density at radius 3 is 2.28 bits per heavy atom. The molecule has 3 aromatic carbocycles. The number of nitrogens with one attached hydrogen (secondary N) is 1. The number of para-hydroxylation sites is 1. The van der Waals surface area contributed by atoms with Gasteiger partial charge in [0.1, 0.15) is 18.1 Å². The molecule has 0 aliphatic rings. The fourth-order valence-corrected chi connectivity index (χ4v) is 3.66. The van der Waals surface area contributed by atoms with E-state index in [1.54, 1.807) is 42.5 Å². The van der Waals surface area contributed by atoms with Crippen LogP contribution in [-0.2, 0) is 11.3 Å². The van der Waals surface area contributed by atoms with Gasteiger partial charge in [-0.2, -0.15) is 0 Å². The Kier molecular flexibility index (Phi) is 9.92. The molecule has 190 valence electrons. The topological polar surface area (TPSA) is 73.9 Å². The zero-order chi connectivity index (χ0) is 25.9. The van der Waals surface area contributed by atoms with Crippen LogP contribution in [0, 0.1) is 0 Å². The maximum Gasteiger partial charge on any atom is 0.338 e. The van der Waals surface area contributed by atoms with Crippen molar-refractivity contribution in [3.63, 3.8) is 0 Å². The normalized spacial score (nSPS) is 10.7. The van der Waals surface area contributed by atoms with Crippen molar-refractivity contribution in [1.29, 1.82) is 0 Å². The molecular weight excluding hydrogens is 454 g/mol. The lowest BCUT2D eigenvalue weighted by molar-refractivity contribution is 0.0499. The number of ether oxygens (including phenoxy) is 3. The quantitative estimate of drug-likeness (QED) is 0.219. The molecule has 3 aromatic rings. The summed E-state index contributed by atoms with van der Waals surface area (Å²) in [7, 11) is 0. The molecule has 0 aliphatic carbocycles. The summed E-state index contributed by atoms with van der Waals surface area (Å²) in [6.45, 7) is 9.39. The molecule has 0 spiro atoms. The Hall–Kier alpha value is -3.80. The molecule has 3 rings (SSSR count). The Morgan fingerprint density at radius 1 is 0.861 bits per heavy atom. The first-order valence-corrected chi connectivity index (χ1v) is 12.5. The number of carbonyl (C=O) groups excluding carboxylic acids is 2. The molecule has 1 amide bonds. The first-order valence-electron chi connectivity index (χ1n) is 12.5. The molecule has 36 heavy (non-hydrogen) atoms. The zero-order valence-electron chi connectivity index (χ0n) is 21.5. The van der Waals surface area contributed by atoms with Gasteiger partial charge in [-0.25, -0.2) is 4.79 Å². The molecule has 0 saturated carbocycles. The van der Waals surface area contributed by atoms with Gasteiger partial charge < -0.3 is 19.5 Å². The Bertz CT molecular complexity index is 1150. The van der Waals surface area contributed by atoms with E-state index in [1.807, 2.05) is 32.0 Å². The Balaban J connectivity index is 1.71. The van der Waals surface area contributed by atoms with Crippen LogP contribution in [0.4, 0.5) is 5.69 Å². The summed E-state index contributed by atoms with van der Waals surface area (Å²) in [4.78, 5) is 25.0. The standard InChI is InChI=1S/C30H35NO5/c1-5-7-18-35-30(33)22-12-15-25(16-13-22)31-29(32)23-14-17-27(34-6-2)24(19-23)20-36-28-11-9-8-10-26(28)21(3)4/h8-17,19,21H,5-7,18,20H2,1-4H3,(H,31,32). The Morgan fingerprint density at radius 2 is 1.58 bits per heavy atom. The second kappa shape index (κ2) is 13.3. The fourth-order valence-electron chi connectivity index (χ4n) is 3.66. The number of esters is 1. The van der Waals surface area contributed by atoms with Gasteiger partial charge in [0.15, 0.2) is 0 Å². The molecule has 0 aliphatic heterocycles. The molecule has 0 unspecified atom stereocenters. The lowest BCUT2D eigenvalue weighted by Gasteiger charge is -2.16. The van der Waals surface area contributed by atoms with Crippen LogP contribution < -0.4 is 14.8 Å². The van der Waals surface area contributed by atoms with E-state index in [1.165, 1.54) is 0 Å². The summed E-state index contributed by atoms with van der Waals surface area (Å²) >= 11 is 0. The van der Waals surface area contributed by atoms with Crippen LogP contribution in [0.3, 0.4) is 0 Å². The smallest absolute Gasteiger partial charge is 0.338 e. The number of benzene rings is 3. The van der Waals surface area contributed by atoms with Gasteiger partial charge >= 0.3 is 5.97 Å². The predicted molar refractivity (Wildman–Crippen MR) is 142 cm³/mol. The summed E-state index contributed by atoms with van der Waals surface area (Å²) in [5.74, 6) is 1.20. The minimum absolute atomic E-state index is 0.264. The predicted octanol–water partition coefficient (Wildman–Crippen LogP) is 7.00. The summed E-state index contributed by atoms with van der Waals surface area (Å²) in [6, 6.07) is 19.9. The highest BCUT2D eigenvalue weighted by Crippen LogP contribution is 2.28. The van der Waals surface area contributed by atoms with E-state index in [4.69, 9.17) is 14.2 Å². The second-order valence-corrected chi connectivity index (χ2v) is 8.76. The molecule has 6 heteroatoms. The van der Waals surface area contributed by atoms with Gasteiger partial charge in [0.05, 0.1) is 18.8 Å². The fraction of sp³-hybridized carbons (Fsp3) is 0.333. The molecule has 0 saturated heterocycles. The van der Waals surface area contributed by atoms with Crippen molar-refractivity contribution in [2.75, 3.05) is 18.5 Å². The molecule has 0 radical (unpaired) electrons. The summed E-state index contributed by atoms with van der Waals surface area (Å²) in [5, 5.41) is 2.88. The van der Waals surface area contributed by atoms with E-state index < -0.39 is 0 Å². The van der Waals surface area contributed by atoms with Gasteiger partial charge in [-0.3, -0.25) is 4.79 Å². The van der Waals surface area contributed by atoms with Crippen molar-refractivity contribution in [3.05, 3.63) is 89.0 Å². The van der Waals surface area contributed by atoms with E-state index in [0.717, 1.165) is 29.7 Å². The molecular formula is C30H35NO5. The average molecular weight is 490 g/mol. The summed E-state index contributed by atoms with van der Waals surface area (Å²) in [5.41, 5.74) is 3.43. The van der Waals surface area contributed by atoms with Crippen molar-refractivity contribution in [3.8, 4) is 11.5 Å². The first kappa shape index (κ1) is 26.8. The number of hydrogen-bond donors (Lipinski definition) is 1. The number of unbranched alkanes of at least 4 members (excludes halogenated alkanes) is 1. The number of rotatable bonds is 12. The minimum Gasteiger partial charge on any atom is -0.493 e. The maximum atomic E-state index is 13.0. The maximum absolute atomic E-state index is 13.0. The van der Waals surface area contributed by atoms with Crippen LogP contribution >= 0.6 is 0 Å². The van der Waals surface area contributed by atoms with E-state index in [0.29, 0.717) is 41.7 Å². The third-order valence-electron chi connectivity index (χ3n) is 5.66. The number of hydrogen-bond acceptors (Lipinski definition) is 5. The number of carbonyl (C=O) groups is 2. The van der Waals surface area contributed by atoms with Crippen molar-refractivity contribution in [1.82, 2.24) is 0 Å². The van der Waals surface area contributed by atoms with Gasteiger partial charge in [0.2, 0.25) is 0 Å². The monoisotopic (exact) mass is 489 g/mol. The summed E-state index contributed by atoms with van der Waals surface area (Å²) in [6.07, 6.45) is 1.79. The second-order valence-electron chi connectivity index (χ2n) is 8.76. The average Bonchev–Trinajstić information content (AvgIpc) is 2.88. The van der Waals surface area contributed by atoms with Gasteiger partial charge in [-0.15, -0.1) is 0 Å². The third kappa shape index (κ3) is 7.35. The van der Waals surface area contributed by atoms with Crippen LogP contribution in [0.15, 0.2) is 66.7 Å². The van der Waals surface area contributed by atoms with Crippen molar-refractivity contribution >= 4 is 17.6 Å². The molecule has 0 aromatic heterocycles. The summed E-state index contributed by atoms with van der Waals surface area (Å²) < 4.78 is 17.1. The number of anilines is 1. The highest BCUT2D eigenvalue weighted by molar-refractivity contribution is 6.04. The molecule has 0 heterocycles. The molecule has 6 nitrogen and oxygen atoms in total. The lowest BCUT2D eigenvalue weighted by Crippen LogP contribution is -2.13. The first-order chi connectivity index (χ1) is 17.4. The van der Waals surface area contributed by atoms with Crippen molar-refractivity contribution in [2.45, 2.75) is 53.1 Å². The van der Waals surface area contributed by atoms with Crippen LogP contribution in [-0.4, -0.2) is 25.1 Å².